The van der Waals surface area contributed by atoms with Crippen molar-refractivity contribution in [2.24, 2.45) is 0 Å². The van der Waals surface area contributed by atoms with Gasteiger partial charge in [0.05, 0.1) is 32.4 Å². The fourth-order valence-corrected chi connectivity index (χ4v) is 2.48. The molecule has 0 radical (unpaired) electrons. The number of carbonyl (C=O) groups is 1. The molecule has 0 saturated heterocycles. The number of ether oxygens (including phenoxy) is 3. The molecule has 1 amide bonds. The minimum atomic E-state index is -0.325. The Kier molecular flexibility index (Phi) is 6.44. The third-order valence-corrected chi connectivity index (χ3v) is 3.58. The van der Waals surface area contributed by atoms with Crippen molar-refractivity contribution in [2.75, 3.05) is 25.3 Å². The Morgan fingerprint density at radius 2 is 2.07 bits per heavy atom. The zero-order valence-electron chi connectivity index (χ0n) is 15.7. The number of para-hydroxylation sites is 1. The number of nitrogens with two attached hydrogens (primary N) is 1. The van der Waals surface area contributed by atoms with E-state index >= 15 is 0 Å². The Balaban J connectivity index is 2.24. The van der Waals surface area contributed by atoms with Crippen LogP contribution in [0.5, 0.6) is 17.4 Å². The molecule has 8 heteroatoms. The number of carbonyl (C=O) groups excluding carboxylic acids is 1. The number of nitrogens with zero attached hydrogens (tertiary/aromatic N) is 2. The van der Waals surface area contributed by atoms with Gasteiger partial charge in [-0.15, -0.1) is 0 Å². The Morgan fingerprint density at radius 1 is 1.33 bits per heavy atom. The van der Waals surface area contributed by atoms with Gasteiger partial charge in [-0.1, -0.05) is 12.1 Å². The minimum absolute atomic E-state index is 0.0440. The van der Waals surface area contributed by atoms with Crippen LogP contribution in [-0.4, -0.2) is 31.2 Å². The summed E-state index contributed by atoms with van der Waals surface area (Å²) >= 11 is 0. The van der Waals surface area contributed by atoms with Gasteiger partial charge in [-0.05, 0) is 19.9 Å². The van der Waals surface area contributed by atoms with Crippen molar-refractivity contribution >= 4 is 17.4 Å². The van der Waals surface area contributed by atoms with Crippen molar-refractivity contribution in [1.29, 1.82) is 5.26 Å². The number of benzene rings is 1. The number of aromatic nitrogens is 1. The number of hydrogen-bond donors (Lipinski definition) is 2. The summed E-state index contributed by atoms with van der Waals surface area (Å²) < 4.78 is 16.1. The van der Waals surface area contributed by atoms with Crippen LogP contribution >= 0.6 is 0 Å². The first-order valence-corrected chi connectivity index (χ1v) is 8.26. The lowest BCUT2D eigenvalue weighted by atomic mass is 10.1. The number of nitriles is 1. The molecule has 0 saturated carbocycles. The second-order valence-corrected chi connectivity index (χ2v) is 5.93. The van der Waals surface area contributed by atoms with Gasteiger partial charge < -0.3 is 25.3 Å². The molecule has 0 aliphatic heterocycles. The van der Waals surface area contributed by atoms with Crippen molar-refractivity contribution in [2.45, 2.75) is 26.4 Å². The Hall–Kier alpha value is -3.47. The maximum Gasteiger partial charge on any atom is 0.236 e. The van der Waals surface area contributed by atoms with E-state index in [1.807, 2.05) is 6.07 Å². The monoisotopic (exact) mass is 370 g/mol. The second-order valence-electron chi connectivity index (χ2n) is 5.93. The van der Waals surface area contributed by atoms with E-state index in [2.05, 4.69) is 10.3 Å². The molecule has 0 unspecified atom stereocenters. The van der Waals surface area contributed by atoms with Gasteiger partial charge in [0.25, 0.3) is 0 Å². The van der Waals surface area contributed by atoms with Crippen LogP contribution < -0.4 is 25.3 Å². The lowest BCUT2D eigenvalue weighted by Gasteiger charge is -2.14. The molecule has 2 rings (SSSR count). The summed E-state index contributed by atoms with van der Waals surface area (Å²) in [6.45, 7) is 3.61. The molecular formula is C19H22N4O4. The van der Waals surface area contributed by atoms with Gasteiger partial charge in [0.2, 0.25) is 11.8 Å². The van der Waals surface area contributed by atoms with Crippen molar-refractivity contribution in [3.8, 4) is 23.4 Å². The van der Waals surface area contributed by atoms with Gasteiger partial charge in [-0.2, -0.15) is 10.2 Å². The van der Waals surface area contributed by atoms with Crippen LogP contribution in [0, 0.1) is 11.3 Å². The Bertz CT molecular complexity index is 875. The molecule has 1 aromatic carbocycles. The van der Waals surface area contributed by atoms with Crippen molar-refractivity contribution in [1.82, 2.24) is 4.98 Å². The molecule has 0 spiro atoms. The van der Waals surface area contributed by atoms with E-state index in [4.69, 9.17) is 19.9 Å². The predicted molar refractivity (Wildman–Crippen MR) is 101 cm³/mol. The van der Waals surface area contributed by atoms with E-state index in [1.54, 1.807) is 32.0 Å². The highest BCUT2D eigenvalue weighted by Crippen LogP contribution is 2.31. The molecule has 27 heavy (non-hydrogen) atoms. The van der Waals surface area contributed by atoms with E-state index in [0.717, 1.165) is 0 Å². The molecule has 0 atom stereocenters. The Morgan fingerprint density at radius 3 is 2.67 bits per heavy atom. The number of rotatable bonds is 7. The number of pyridine rings is 1. The molecule has 0 bridgehead atoms. The molecule has 2 aromatic rings. The lowest BCUT2D eigenvalue weighted by molar-refractivity contribution is -0.115. The smallest absolute Gasteiger partial charge is 0.236 e. The maximum absolute atomic E-state index is 12.5. The fourth-order valence-electron chi connectivity index (χ4n) is 2.48. The van der Waals surface area contributed by atoms with Gasteiger partial charge in [-0.25, -0.2) is 0 Å². The molecule has 8 nitrogen and oxygen atoms in total. The summed E-state index contributed by atoms with van der Waals surface area (Å²) in [6.07, 6.45) is -0.154. The summed E-state index contributed by atoms with van der Waals surface area (Å²) in [4.78, 5) is 16.6. The van der Waals surface area contributed by atoms with Crippen molar-refractivity contribution in [3.63, 3.8) is 0 Å². The minimum Gasteiger partial charge on any atom is -0.493 e. The zero-order valence-corrected chi connectivity index (χ0v) is 15.7. The topological polar surface area (TPSA) is 119 Å². The number of hydrogen-bond acceptors (Lipinski definition) is 7. The zero-order chi connectivity index (χ0) is 20.0. The molecule has 0 aliphatic carbocycles. The second kappa shape index (κ2) is 8.76. The average molecular weight is 370 g/mol. The molecule has 0 fully saturated rings. The van der Waals surface area contributed by atoms with E-state index in [-0.39, 0.29) is 41.4 Å². The molecule has 1 heterocycles. The van der Waals surface area contributed by atoms with E-state index < -0.39 is 0 Å². The van der Waals surface area contributed by atoms with Crippen LogP contribution in [0.25, 0.3) is 0 Å². The van der Waals surface area contributed by atoms with Crippen LogP contribution in [0.1, 0.15) is 25.0 Å². The van der Waals surface area contributed by atoms with Gasteiger partial charge in [0.15, 0.2) is 11.5 Å². The largest absolute Gasteiger partial charge is 0.493 e. The maximum atomic E-state index is 12.5. The van der Waals surface area contributed by atoms with E-state index in [9.17, 15) is 10.1 Å². The summed E-state index contributed by atoms with van der Waals surface area (Å²) in [7, 11) is 3.04. The SMILES string of the molecule is COc1cccc(CC(=O)Nc2cc(N)c(C#N)c(OC(C)C)n2)c1OC. The molecule has 142 valence electrons. The van der Waals surface area contributed by atoms with Crippen LogP contribution in [0.4, 0.5) is 11.5 Å². The number of methoxy groups -OCH3 is 2. The fraction of sp³-hybridized carbons (Fsp3) is 0.316. The van der Waals surface area contributed by atoms with Crippen molar-refractivity contribution in [3.05, 3.63) is 35.4 Å². The first-order valence-electron chi connectivity index (χ1n) is 8.26. The van der Waals surface area contributed by atoms with Gasteiger partial charge in [0.1, 0.15) is 17.5 Å². The van der Waals surface area contributed by atoms with E-state index in [0.29, 0.717) is 17.1 Å². The summed E-state index contributed by atoms with van der Waals surface area (Å²) in [5.74, 6) is 0.992. The molecule has 0 aliphatic rings. The highest BCUT2D eigenvalue weighted by Gasteiger charge is 2.17. The summed E-state index contributed by atoms with van der Waals surface area (Å²) in [6, 6.07) is 8.68. The lowest BCUT2D eigenvalue weighted by Crippen LogP contribution is -2.17. The molecular weight excluding hydrogens is 348 g/mol. The Labute approximate surface area is 157 Å². The normalized spacial score (nSPS) is 10.2. The first-order chi connectivity index (χ1) is 12.9. The average Bonchev–Trinajstić information content (AvgIpc) is 2.60. The number of nitrogens with one attached hydrogen (secondary N) is 1. The van der Waals surface area contributed by atoms with Crippen molar-refractivity contribution < 1.29 is 19.0 Å². The molecule has 3 N–H and O–H groups in total. The third-order valence-electron chi connectivity index (χ3n) is 3.58. The number of anilines is 2. The van der Waals surface area contributed by atoms with E-state index in [1.165, 1.54) is 20.3 Å². The highest BCUT2D eigenvalue weighted by molar-refractivity contribution is 5.92. The summed E-state index contributed by atoms with van der Waals surface area (Å²) in [5.41, 5.74) is 6.87. The standard InChI is InChI=1S/C19H22N4O4/c1-11(2)27-19-13(10-20)14(21)9-16(23-19)22-17(24)8-12-6-5-7-15(25-3)18(12)26-4/h5-7,9,11H,8H2,1-4H3,(H3,21,22,23,24). The summed E-state index contributed by atoms with van der Waals surface area (Å²) in [5, 5.41) is 11.9. The van der Waals surface area contributed by atoms with Crippen LogP contribution in [-0.2, 0) is 11.2 Å². The van der Waals surface area contributed by atoms with Gasteiger partial charge >= 0.3 is 0 Å². The van der Waals surface area contributed by atoms with Crippen LogP contribution in [0.2, 0.25) is 0 Å². The van der Waals surface area contributed by atoms with Gasteiger partial charge in [0, 0.05) is 11.6 Å². The molecule has 1 aromatic heterocycles. The van der Waals surface area contributed by atoms with Crippen LogP contribution in [0.3, 0.4) is 0 Å². The number of amides is 1. The first kappa shape index (κ1) is 19.8. The third kappa shape index (κ3) is 4.79. The van der Waals surface area contributed by atoms with Gasteiger partial charge in [-0.3, -0.25) is 4.79 Å². The quantitative estimate of drug-likeness (QED) is 0.768. The predicted octanol–water partition coefficient (Wildman–Crippen LogP) is 2.52. The number of nitrogen functional groups attached to an aromatic ring is 1. The highest BCUT2D eigenvalue weighted by atomic mass is 16.5. The van der Waals surface area contributed by atoms with Crippen LogP contribution in [0.15, 0.2) is 24.3 Å².